The van der Waals surface area contributed by atoms with E-state index in [1.54, 1.807) is 6.20 Å². The predicted molar refractivity (Wildman–Crippen MR) is 73.4 cm³/mol. The number of hydrogen-bond donors (Lipinski definition) is 2. The molecule has 0 aliphatic heterocycles. The lowest BCUT2D eigenvalue weighted by molar-refractivity contribution is 0.235. The Balaban J connectivity index is 2.09. The number of aryl methyl sites for hydroxylation is 1. The Morgan fingerprint density at radius 1 is 1.28 bits per heavy atom. The third-order valence-corrected chi connectivity index (χ3v) is 2.40. The number of nitrogens with zero attached hydrogens (tertiary/aromatic N) is 1. The second-order valence-electron chi connectivity index (χ2n) is 5.59. The Hall–Kier alpha value is -1.58. The number of aromatic nitrogens is 1. The molecule has 1 rings (SSSR count). The summed E-state index contributed by atoms with van der Waals surface area (Å²) >= 11 is 0. The van der Waals surface area contributed by atoms with Gasteiger partial charge in [-0.05, 0) is 30.4 Å². The highest BCUT2D eigenvalue weighted by atomic mass is 16.2. The summed E-state index contributed by atoms with van der Waals surface area (Å²) in [6, 6.07) is 5.79. The van der Waals surface area contributed by atoms with Gasteiger partial charge in [0.1, 0.15) is 0 Å². The van der Waals surface area contributed by atoms with Crippen LogP contribution in [0.25, 0.3) is 0 Å². The summed E-state index contributed by atoms with van der Waals surface area (Å²) < 4.78 is 0. The van der Waals surface area contributed by atoms with Gasteiger partial charge in [0.2, 0.25) is 0 Å². The van der Waals surface area contributed by atoms with Gasteiger partial charge in [0.15, 0.2) is 0 Å². The highest BCUT2D eigenvalue weighted by Gasteiger charge is 2.11. The second kappa shape index (κ2) is 6.99. The Labute approximate surface area is 109 Å². The van der Waals surface area contributed by atoms with Crippen LogP contribution >= 0.6 is 0 Å². The molecule has 0 unspecified atom stereocenters. The Morgan fingerprint density at radius 3 is 2.67 bits per heavy atom. The molecule has 2 N–H and O–H groups in total. The van der Waals surface area contributed by atoms with E-state index in [-0.39, 0.29) is 11.4 Å². The van der Waals surface area contributed by atoms with E-state index in [1.807, 2.05) is 18.2 Å². The molecule has 2 amide bonds. The maximum atomic E-state index is 11.5. The van der Waals surface area contributed by atoms with Crippen LogP contribution in [0.5, 0.6) is 0 Å². The van der Waals surface area contributed by atoms with E-state index in [2.05, 4.69) is 36.4 Å². The molecule has 1 aromatic rings. The number of urea groups is 1. The van der Waals surface area contributed by atoms with E-state index in [0.29, 0.717) is 13.1 Å². The highest BCUT2D eigenvalue weighted by Crippen LogP contribution is 2.09. The zero-order valence-corrected chi connectivity index (χ0v) is 11.5. The SMILES string of the molecule is CC(C)(C)CNC(=O)NCCCc1ccccn1. The molecule has 4 nitrogen and oxygen atoms in total. The summed E-state index contributed by atoms with van der Waals surface area (Å²) in [6.45, 7) is 7.63. The van der Waals surface area contributed by atoms with Crippen LogP contribution in [0.15, 0.2) is 24.4 Å². The van der Waals surface area contributed by atoms with Gasteiger partial charge in [-0.25, -0.2) is 4.79 Å². The third-order valence-electron chi connectivity index (χ3n) is 2.40. The second-order valence-corrected chi connectivity index (χ2v) is 5.59. The Bertz CT molecular complexity index is 357. The standard InChI is InChI=1S/C14H23N3O/c1-14(2,3)11-17-13(18)16-10-6-8-12-7-4-5-9-15-12/h4-5,7,9H,6,8,10-11H2,1-3H3,(H2,16,17,18). The maximum absolute atomic E-state index is 11.5. The van der Waals surface area contributed by atoms with Crippen LogP contribution in [0.1, 0.15) is 32.9 Å². The molecule has 4 heteroatoms. The van der Waals surface area contributed by atoms with Gasteiger partial charge in [-0.3, -0.25) is 4.98 Å². The van der Waals surface area contributed by atoms with Crippen molar-refractivity contribution in [1.29, 1.82) is 0 Å². The molecule has 1 aromatic heterocycles. The molecule has 0 aliphatic rings. The third kappa shape index (κ3) is 6.89. The monoisotopic (exact) mass is 249 g/mol. The Kier molecular flexibility index (Phi) is 5.62. The minimum Gasteiger partial charge on any atom is -0.338 e. The van der Waals surface area contributed by atoms with Crippen LogP contribution in [-0.2, 0) is 6.42 Å². The van der Waals surface area contributed by atoms with Crippen molar-refractivity contribution in [2.24, 2.45) is 5.41 Å². The zero-order valence-electron chi connectivity index (χ0n) is 11.5. The molecule has 100 valence electrons. The van der Waals surface area contributed by atoms with Crippen molar-refractivity contribution < 1.29 is 4.79 Å². The molecule has 0 radical (unpaired) electrons. The fourth-order valence-corrected chi connectivity index (χ4v) is 1.43. The molecule has 0 aromatic carbocycles. The lowest BCUT2D eigenvalue weighted by atomic mass is 9.97. The Morgan fingerprint density at radius 2 is 2.06 bits per heavy atom. The van der Waals surface area contributed by atoms with Crippen molar-refractivity contribution in [2.75, 3.05) is 13.1 Å². The average Bonchev–Trinajstić information content (AvgIpc) is 2.33. The molecule has 18 heavy (non-hydrogen) atoms. The van der Waals surface area contributed by atoms with Crippen molar-refractivity contribution in [3.05, 3.63) is 30.1 Å². The van der Waals surface area contributed by atoms with Gasteiger partial charge in [-0.2, -0.15) is 0 Å². The number of hydrogen-bond acceptors (Lipinski definition) is 2. The molecule has 0 aliphatic carbocycles. The minimum absolute atomic E-state index is 0.0917. The van der Waals surface area contributed by atoms with Gasteiger partial charge < -0.3 is 10.6 Å². The number of carbonyl (C=O) groups excluding carboxylic acids is 1. The topological polar surface area (TPSA) is 54.0 Å². The summed E-state index contributed by atoms with van der Waals surface area (Å²) in [5, 5.41) is 5.70. The molecule has 1 heterocycles. The lowest BCUT2D eigenvalue weighted by Crippen LogP contribution is -2.40. The fraction of sp³-hybridized carbons (Fsp3) is 0.571. The van der Waals surface area contributed by atoms with Crippen molar-refractivity contribution >= 4 is 6.03 Å². The van der Waals surface area contributed by atoms with Crippen LogP contribution < -0.4 is 10.6 Å². The molecule has 0 fully saturated rings. The first-order valence-corrected chi connectivity index (χ1v) is 6.39. The van der Waals surface area contributed by atoms with Gasteiger partial charge in [0.25, 0.3) is 0 Å². The summed E-state index contributed by atoms with van der Waals surface area (Å²) in [4.78, 5) is 15.7. The average molecular weight is 249 g/mol. The van der Waals surface area contributed by atoms with Crippen molar-refractivity contribution in [3.8, 4) is 0 Å². The van der Waals surface area contributed by atoms with Gasteiger partial charge in [0, 0.05) is 25.0 Å². The van der Waals surface area contributed by atoms with E-state index < -0.39 is 0 Å². The van der Waals surface area contributed by atoms with Crippen LogP contribution in [0.2, 0.25) is 0 Å². The first-order valence-electron chi connectivity index (χ1n) is 6.39. The summed E-state index contributed by atoms with van der Waals surface area (Å²) in [6.07, 6.45) is 3.58. The lowest BCUT2D eigenvalue weighted by Gasteiger charge is -2.18. The minimum atomic E-state index is -0.0917. The van der Waals surface area contributed by atoms with E-state index in [0.717, 1.165) is 18.5 Å². The van der Waals surface area contributed by atoms with Gasteiger partial charge >= 0.3 is 6.03 Å². The van der Waals surface area contributed by atoms with E-state index in [1.165, 1.54) is 0 Å². The molecule has 0 spiro atoms. The van der Waals surface area contributed by atoms with E-state index in [4.69, 9.17) is 0 Å². The van der Waals surface area contributed by atoms with E-state index >= 15 is 0 Å². The van der Waals surface area contributed by atoms with Crippen molar-refractivity contribution in [3.63, 3.8) is 0 Å². The molecule has 0 bridgehead atoms. The van der Waals surface area contributed by atoms with Crippen LogP contribution in [0.4, 0.5) is 4.79 Å². The molecule has 0 saturated heterocycles. The summed E-state index contributed by atoms with van der Waals surface area (Å²) in [5.41, 5.74) is 1.18. The molecule has 0 saturated carbocycles. The van der Waals surface area contributed by atoms with Gasteiger partial charge in [-0.15, -0.1) is 0 Å². The number of amides is 2. The quantitative estimate of drug-likeness (QED) is 0.787. The number of carbonyl (C=O) groups is 1. The predicted octanol–water partition coefficient (Wildman–Crippen LogP) is 2.36. The first kappa shape index (κ1) is 14.5. The van der Waals surface area contributed by atoms with Crippen LogP contribution in [0, 0.1) is 5.41 Å². The normalized spacial score (nSPS) is 11.1. The summed E-state index contributed by atoms with van der Waals surface area (Å²) in [7, 11) is 0. The summed E-state index contributed by atoms with van der Waals surface area (Å²) in [5.74, 6) is 0. The number of nitrogens with one attached hydrogen (secondary N) is 2. The van der Waals surface area contributed by atoms with E-state index in [9.17, 15) is 4.79 Å². The van der Waals surface area contributed by atoms with Gasteiger partial charge in [-0.1, -0.05) is 26.8 Å². The number of pyridine rings is 1. The smallest absolute Gasteiger partial charge is 0.314 e. The van der Waals surface area contributed by atoms with Crippen molar-refractivity contribution in [2.45, 2.75) is 33.6 Å². The molecular weight excluding hydrogens is 226 g/mol. The largest absolute Gasteiger partial charge is 0.338 e. The maximum Gasteiger partial charge on any atom is 0.314 e. The fourth-order valence-electron chi connectivity index (χ4n) is 1.43. The van der Waals surface area contributed by atoms with Crippen LogP contribution in [0.3, 0.4) is 0 Å². The molecular formula is C14H23N3O. The number of rotatable bonds is 5. The highest BCUT2D eigenvalue weighted by molar-refractivity contribution is 5.73. The molecule has 0 atom stereocenters. The van der Waals surface area contributed by atoms with Gasteiger partial charge in [0.05, 0.1) is 0 Å². The van der Waals surface area contributed by atoms with Crippen molar-refractivity contribution in [1.82, 2.24) is 15.6 Å². The van der Waals surface area contributed by atoms with Crippen LogP contribution in [-0.4, -0.2) is 24.1 Å². The first-order chi connectivity index (χ1) is 8.47. The zero-order chi connectivity index (χ0) is 13.4.